The van der Waals surface area contributed by atoms with Crippen LogP contribution in [0.5, 0.6) is 0 Å². The summed E-state index contributed by atoms with van der Waals surface area (Å²) in [4.78, 5) is 0. The molecule has 21 heavy (non-hydrogen) atoms. The van der Waals surface area contributed by atoms with Gasteiger partial charge in [0.2, 0.25) is 0 Å². The molecule has 2 aromatic carbocycles. The molecule has 1 N–H and O–H groups in total. The minimum atomic E-state index is 0.715. The van der Waals surface area contributed by atoms with Gasteiger partial charge in [0.25, 0.3) is 0 Å². The summed E-state index contributed by atoms with van der Waals surface area (Å²) in [5.74, 6) is 1.56. The molecular formula is C17H13IN2O. The molecule has 0 aliphatic carbocycles. The van der Waals surface area contributed by atoms with Crippen molar-refractivity contribution in [1.82, 2.24) is 0 Å². The summed E-state index contributed by atoms with van der Waals surface area (Å²) in [5, 5.41) is 4.16. The summed E-state index contributed by atoms with van der Waals surface area (Å²) < 4.78 is 6.96. The third-order valence-corrected chi connectivity index (χ3v) is 3.63. The molecule has 0 fully saturated rings. The summed E-state index contributed by atoms with van der Waals surface area (Å²) in [6.07, 6.45) is 1.67. The lowest BCUT2D eigenvalue weighted by atomic mass is 10.2. The Hall–Kier alpha value is -2.08. The fraction of sp³-hybridized carbons (Fsp3) is 0. The number of hydrogen-bond donors (Lipinski definition) is 1. The van der Waals surface area contributed by atoms with Crippen LogP contribution in [-0.4, -0.2) is 6.21 Å². The van der Waals surface area contributed by atoms with Crippen LogP contribution in [0, 0.1) is 3.57 Å². The van der Waals surface area contributed by atoms with Crippen LogP contribution in [0.2, 0.25) is 0 Å². The molecule has 1 heterocycles. The van der Waals surface area contributed by atoms with Gasteiger partial charge in [-0.25, -0.2) is 0 Å². The van der Waals surface area contributed by atoms with Crippen molar-refractivity contribution >= 4 is 34.5 Å². The molecule has 0 aliphatic heterocycles. The summed E-state index contributed by atoms with van der Waals surface area (Å²) >= 11 is 2.28. The molecule has 4 heteroatoms. The van der Waals surface area contributed by atoms with E-state index in [2.05, 4.69) is 45.3 Å². The van der Waals surface area contributed by atoms with Gasteiger partial charge in [-0.3, -0.25) is 5.43 Å². The normalized spacial score (nSPS) is 10.9. The molecule has 3 aromatic rings. The number of anilines is 1. The van der Waals surface area contributed by atoms with E-state index in [1.165, 1.54) is 3.57 Å². The first-order valence-electron chi connectivity index (χ1n) is 6.51. The maximum Gasteiger partial charge on any atom is 0.147 e. The van der Waals surface area contributed by atoms with Crippen molar-refractivity contribution in [2.45, 2.75) is 0 Å². The number of furan rings is 1. The molecule has 0 atom stereocenters. The van der Waals surface area contributed by atoms with Crippen LogP contribution in [0.3, 0.4) is 0 Å². The molecule has 3 nitrogen and oxygen atoms in total. The van der Waals surface area contributed by atoms with Crippen LogP contribution < -0.4 is 5.43 Å². The Bertz CT molecular complexity index is 733. The maximum atomic E-state index is 5.76. The minimum Gasteiger partial charge on any atom is -0.455 e. The third-order valence-electron chi connectivity index (χ3n) is 2.91. The van der Waals surface area contributed by atoms with Gasteiger partial charge in [-0.2, -0.15) is 5.10 Å². The van der Waals surface area contributed by atoms with E-state index in [1.54, 1.807) is 6.21 Å². The van der Waals surface area contributed by atoms with Crippen molar-refractivity contribution in [3.05, 3.63) is 76.1 Å². The lowest BCUT2D eigenvalue weighted by Gasteiger charge is -1.98. The van der Waals surface area contributed by atoms with E-state index in [4.69, 9.17) is 4.42 Å². The Kier molecular flexibility index (Phi) is 4.35. The molecule has 1 aromatic heterocycles. The zero-order valence-electron chi connectivity index (χ0n) is 11.2. The number of rotatable bonds is 4. The highest BCUT2D eigenvalue weighted by molar-refractivity contribution is 14.1. The van der Waals surface area contributed by atoms with Gasteiger partial charge >= 0.3 is 0 Å². The van der Waals surface area contributed by atoms with E-state index in [9.17, 15) is 0 Å². The predicted octanol–water partition coefficient (Wildman–Crippen LogP) is 5.00. The Morgan fingerprint density at radius 2 is 1.67 bits per heavy atom. The summed E-state index contributed by atoms with van der Waals surface area (Å²) in [5.41, 5.74) is 4.96. The molecule has 104 valence electrons. The van der Waals surface area contributed by atoms with E-state index in [-0.39, 0.29) is 0 Å². The maximum absolute atomic E-state index is 5.76. The SMILES string of the molecule is Ic1ccc(-c2ccc(C=NNc3ccccc3)o2)cc1. The number of para-hydroxylation sites is 1. The predicted molar refractivity (Wildman–Crippen MR) is 94.5 cm³/mol. The first-order chi connectivity index (χ1) is 10.3. The average Bonchev–Trinajstić information content (AvgIpc) is 2.98. The molecule has 0 saturated carbocycles. The Morgan fingerprint density at radius 3 is 2.43 bits per heavy atom. The number of nitrogens with one attached hydrogen (secondary N) is 1. The smallest absolute Gasteiger partial charge is 0.147 e. The van der Waals surface area contributed by atoms with Gasteiger partial charge in [0, 0.05) is 9.13 Å². The number of nitrogens with zero attached hydrogens (tertiary/aromatic N) is 1. The molecule has 0 amide bonds. The highest BCUT2D eigenvalue weighted by Gasteiger charge is 2.03. The van der Waals surface area contributed by atoms with E-state index in [0.717, 1.165) is 17.0 Å². The van der Waals surface area contributed by atoms with E-state index < -0.39 is 0 Å². The molecule has 0 saturated heterocycles. The van der Waals surface area contributed by atoms with Crippen LogP contribution >= 0.6 is 22.6 Å². The zero-order valence-corrected chi connectivity index (χ0v) is 13.3. The topological polar surface area (TPSA) is 37.5 Å². The molecule has 0 aliphatic rings. The lowest BCUT2D eigenvalue weighted by Crippen LogP contribution is -1.88. The molecular weight excluding hydrogens is 375 g/mol. The second kappa shape index (κ2) is 6.58. The van der Waals surface area contributed by atoms with Gasteiger partial charge in [-0.05, 0) is 59.0 Å². The highest BCUT2D eigenvalue weighted by atomic mass is 127. The van der Waals surface area contributed by atoms with Gasteiger partial charge in [0.15, 0.2) is 0 Å². The second-order valence-corrected chi connectivity index (χ2v) is 5.69. The second-order valence-electron chi connectivity index (χ2n) is 4.44. The van der Waals surface area contributed by atoms with Gasteiger partial charge in [0.05, 0.1) is 11.9 Å². The van der Waals surface area contributed by atoms with E-state index in [1.807, 2.05) is 54.6 Å². The van der Waals surface area contributed by atoms with Crippen molar-refractivity contribution in [2.24, 2.45) is 5.10 Å². The number of hydrazone groups is 1. The summed E-state index contributed by atoms with van der Waals surface area (Å²) in [6, 6.07) is 21.9. The highest BCUT2D eigenvalue weighted by Crippen LogP contribution is 2.22. The first-order valence-corrected chi connectivity index (χ1v) is 7.59. The van der Waals surface area contributed by atoms with Crippen LogP contribution in [-0.2, 0) is 0 Å². The Labute approximate surface area is 136 Å². The fourth-order valence-electron chi connectivity index (χ4n) is 1.87. The first kappa shape index (κ1) is 13.9. The molecule has 0 bridgehead atoms. The summed E-state index contributed by atoms with van der Waals surface area (Å²) in [6.45, 7) is 0. The van der Waals surface area contributed by atoms with Crippen LogP contribution in [0.1, 0.15) is 5.76 Å². The van der Waals surface area contributed by atoms with Crippen molar-refractivity contribution in [2.75, 3.05) is 5.43 Å². The van der Waals surface area contributed by atoms with Crippen LogP contribution in [0.15, 0.2) is 76.2 Å². The van der Waals surface area contributed by atoms with Gasteiger partial charge in [0.1, 0.15) is 11.5 Å². The molecule has 0 radical (unpaired) electrons. The van der Waals surface area contributed by atoms with Gasteiger partial charge in [-0.1, -0.05) is 30.3 Å². The Morgan fingerprint density at radius 1 is 0.905 bits per heavy atom. The molecule has 0 spiro atoms. The average molecular weight is 388 g/mol. The van der Waals surface area contributed by atoms with Crippen molar-refractivity contribution in [3.8, 4) is 11.3 Å². The monoisotopic (exact) mass is 388 g/mol. The summed E-state index contributed by atoms with van der Waals surface area (Å²) in [7, 11) is 0. The Balaban J connectivity index is 1.69. The number of benzene rings is 2. The number of halogens is 1. The quantitative estimate of drug-likeness (QED) is 0.388. The van der Waals surface area contributed by atoms with Crippen molar-refractivity contribution in [1.29, 1.82) is 0 Å². The largest absolute Gasteiger partial charge is 0.455 e. The van der Waals surface area contributed by atoms with Crippen LogP contribution in [0.25, 0.3) is 11.3 Å². The number of hydrogen-bond acceptors (Lipinski definition) is 3. The van der Waals surface area contributed by atoms with Gasteiger partial charge in [-0.15, -0.1) is 0 Å². The van der Waals surface area contributed by atoms with Gasteiger partial charge < -0.3 is 4.42 Å². The fourth-order valence-corrected chi connectivity index (χ4v) is 2.23. The zero-order chi connectivity index (χ0) is 14.5. The third kappa shape index (κ3) is 3.72. The molecule has 0 unspecified atom stereocenters. The molecule has 3 rings (SSSR count). The van der Waals surface area contributed by atoms with Crippen molar-refractivity contribution < 1.29 is 4.42 Å². The minimum absolute atomic E-state index is 0.715. The van der Waals surface area contributed by atoms with E-state index in [0.29, 0.717) is 5.76 Å². The van der Waals surface area contributed by atoms with E-state index >= 15 is 0 Å². The van der Waals surface area contributed by atoms with Crippen molar-refractivity contribution in [3.63, 3.8) is 0 Å². The van der Waals surface area contributed by atoms with Crippen LogP contribution in [0.4, 0.5) is 5.69 Å². The standard InChI is InChI=1S/C17H13IN2O/c18-14-8-6-13(7-9-14)17-11-10-16(21-17)12-19-20-15-4-2-1-3-5-15/h1-12,20H. The lowest BCUT2D eigenvalue weighted by molar-refractivity contribution is 0.575.